The van der Waals surface area contributed by atoms with Gasteiger partial charge in [0.05, 0.1) is 0 Å². The van der Waals surface area contributed by atoms with Crippen molar-refractivity contribution >= 4 is 50.6 Å². The van der Waals surface area contributed by atoms with Gasteiger partial charge in [0.25, 0.3) is 0 Å². The molecule has 6 rings (SSSR count). The van der Waals surface area contributed by atoms with Gasteiger partial charge in [-0.25, -0.2) is 0 Å². The molecule has 303 valence electrons. The van der Waals surface area contributed by atoms with E-state index in [2.05, 4.69) is 185 Å². The molecule has 0 aliphatic heterocycles. The van der Waals surface area contributed by atoms with E-state index in [0.29, 0.717) is 11.8 Å². The van der Waals surface area contributed by atoms with Crippen molar-refractivity contribution in [2.24, 2.45) is 11.8 Å². The van der Waals surface area contributed by atoms with E-state index in [-0.39, 0.29) is 7.25 Å². The molecule has 4 aromatic carbocycles. The fourth-order valence-electron chi connectivity index (χ4n) is 10.7. The molecule has 4 unspecified atom stereocenters. The molecule has 0 saturated carbocycles. The van der Waals surface area contributed by atoms with Crippen LogP contribution in [-0.2, 0) is 16.2 Å². The van der Waals surface area contributed by atoms with Gasteiger partial charge in [-0.3, -0.25) is 0 Å². The number of nitrogens with zero attached hydrogens (tertiary/aromatic N) is 1. The molecule has 0 heterocycles. The van der Waals surface area contributed by atoms with Gasteiger partial charge in [-0.1, -0.05) is 0 Å². The maximum absolute atomic E-state index is 9.32. The molecular formula is C50H69BCl2NSi2Zr. The van der Waals surface area contributed by atoms with Gasteiger partial charge in [0.2, 0.25) is 0 Å². The number of halogens is 2. The standard InChI is InChI=1S/2C22H25.C6H19BNSi2.2ClH.Zr/c2*1-6-15(3)19-12-18-8-7-9-20(22(18)13-19)21-11-14(2)10-16(4)17(21)5;1-9(2,3)8(7)10(4,5)6;;;/h2*7-13,15H,6H2,1-5H3;7H,1-6H3;2*1H;/q;;+1;;;+1/p-2. The van der Waals surface area contributed by atoms with Gasteiger partial charge in [0, 0.05) is 0 Å². The molecule has 0 radical (unpaired) electrons. The van der Waals surface area contributed by atoms with Crippen molar-refractivity contribution in [2.75, 3.05) is 0 Å². The monoisotopic (exact) mass is 910 g/mol. The molecule has 4 atom stereocenters. The van der Waals surface area contributed by atoms with Crippen LogP contribution in [0, 0.1) is 53.4 Å². The van der Waals surface area contributed by atoms with Crippen LogP contribution in [0.25, 0.3) is 34.4 Å². The number of rotatable bonds is 12. The van der Waals surface area contributed by atoms with E-state index < -0.39 is 32.6 Å². The SMILES string of the molecule is CCC(C)C1=Cc2c(-c3cc(C)cc(C)c3C)cccc2[CH]1[Zr]([Cl])([Cl])([BH]N([Si](C)(C)C)[Si](C)(C)C)[CH]1C(C(C)CC)=Cc2c(-c3cc(C)cc(C)c3C)cccc21. The molecule has 0 amide bonds. The first-order valence-corrected chi connectivity index (χ1v) is 39.4. The Labute approximate surface area is 358 Å². The molecule has 7 heteroatoms. The van der Waals surface area contributed by atoms with Crippen LogP contribution in [0.3, 0.4) is 0 Å². The van der Waals surface area contributed by atoms with Crippen molar-refractivity contribution in [3.05, 3.63) is 127 Å². The molecule has 0 aromatic heterocycles. The van der Waals surface area contributed by atoms with Gasteiger partial charge >= 0.3 is 361 Å². The van der Waals surface area contributed by atoms with Gasteiger partial charge < -0.3 is 0 Å². The fraction of sp³-hybridized carbons (Fsp3) is 0.440. The number of hydrogen-bond acceptors (Lipinski definition) is 1. The molecule has 0 N–H and O–H groups in total. The van der Waals surface area contributed by atoms with Crippen LogP contribution in [0.5, 0.6) is 0 Å². The fourth-order valence-corrected chi connectivity index (χ4v) is 53.0. The molecule has 57 heavy (non-hydrogen) atoms. The van der Waals surface area contributed by atoms with Gasteiger partial charge in [0.1, 0.15) is 0 Å². The van der Waals surface area contributed by atoms with Crippen molar-refractivity contribution in [3.63, 3.8) is 0 Å². The Morgan fingerprint density at radius 3 is 1.30 bits per heavy atom. The van der Waals surface area contributed by atoms with Gasteiger partial charge in [-0.2, -0.15) is 0 Å². The van der Waals surface area contributed by atoms with Crippen molar-refractivity contribution in [2.45, 2.75) is 129 Å². The van der Waals surface area contributed by atoms with Crippen LogP contribution in [-0.4, -0.2) is 25.6 Å². The summed E-state index contributed by atoms with van der Waals surface area (Å²) in [5.74, 6) is 0.684. The summed E-state index contributed by atoms with van der Waals surface area (Å²) in [5.41, 5.74) is 21.6. The molecule has 2 aliphatic carbocycles. The molecule has 0 spiro atoms. The number of fused-ring (bicyclic) bond motifs is 2. The first kappa shape index (κ1) is 44.8. The van der Waals surface area contributed by atoms with Crippen LogP contribution in [0.4, 0.5) is 0 Å². The first-order valence-electron chi connectivity index (χ1n) is 21.6. The van der Waals surface area contributed by atoms with Crippen LogP contribution >= 0.6 is 17.0 Å². The number of aryl methyl sites for hydroxylation is 4. The average Bonchev–Trinajstić information content (AvgIpc) is 3.74. The minimum atomic E-state index is -5.41. The summed E-state index contributed by atoms with van der Waals surface area (Å²) in [5, 5.41) is 0. The van der Waals surface area contributed by atoms with E-state index >= 15 is 0 Å². The molecule has 0 bridgehead atoms. The van der Waals surface area contributed by atoms with Crippen molar-refractivity contribution < 1.29 is 16.2 Å². The average molecular weight is 913 g/mol. The molecule has 0 fully saturated rings. The molecule has 1 nitrogen and oxygen atoms in total. The zero-order valence-electron chi connectivity index (χ0n) is 38.1. The molecular weight excluding hydrogens is 844 g/mol. The van der Waals surface area contributed by atoms with Crippen molar-refractivity contribution in [1.82, 2.24) is 4.14 Å². The summed E-state index contributed by atoms with van der Waals surface area (Å²) in [4.78, 5) is 0.811. The second-order valence-corrected chi connectivity index (χ2v) is 52.3. The van der Waals surface area contributed by atoms with Crippen molar-refractivity contribution in [3.8, 4) is 22.3 Å². The van der Waals surface area contributed by atoms with E-state index in [1.54, 1.807) is 0 Å². The van der Waals surface area contributed by atoms with Gasteiger partial charge in [-0.15, -0.1) is 0 Å². The second kappa shape index (κ2) is 16.0. The normalized spacial score (nSPS) is 18.8. The topological polar surface area (TPSA) is 3.24 Å². The quantitative estimate of drug-likeness (QED) is 0.128. The van der Waals surface area contributed by atoms with E-state index in [1.165, 1.54) is 89.0 Å². The summed E-state index contributed by atoms with van der Waals surface area (Å²) >= 11 is -5.41. The Morgan fingerprint density at radius 1 is 0.596 bits per heavy atom. The van der Waals surface area contributed by atoms with E-state index in [4.69, 9.17) is 0 Å². The number of benzene rings is 4. The molecule has 0 saturated heterocycles. The number of hydrogen-bond donors (Lipinski definition) is 0. The van der Waals surface area contributed by atoms with Crippen LogP contribution < -0.4 is 0 Å². The Morgan fingerprint density at radius 2 is 0.965 bits per heavy atom. The Kier molecular flexibility index (Phi) is 12.5. The third-order valence-corrected chi connectivity index (χ3v) is 40.9. The first-order chi connectivity index (χ1) is 26.4. The summed E-state index contributed by atoms with van der Waals surface area (Å²) < 4.78 is 2.92. The van der Waals surface area contributed by atoms with Crippen LogP contribution in [0.2, 0.25) is 39.3 Å². The van der Waals surface area contributed by atoms with Gasteiger partial charge in [0.15, 0.2) is 0 Å². The molecule has 4 aromatic rings. The van der Waals surface area contributed by atoms with E-state index in [9.17, 15) is 17.0 Å². The zero-order chi connectivity index (χ0) is 42.2. The summed E-state index contributed by atoms with van der Waals surface area (Å²) in [6.45, 7) is 38.2. The van der Waals surface area contributed by atoms with E-state index in [1.807, 2.05) is 0 Å². The van der Waals surface area contributed by atoms with Crippen LogP contribution in [0.15, 0.2) is 71.8 Å². The predicted molar refractivity (Wildman–Crippen MR) is 260 cm³/mol. The van der Waals surface area contributed by atoms with Crippen molar-refractivity contribution in [1.29, 1.82) is 0 Å². The van der Waals surface area contributed by atoms with E-state index in [0.717, 1.165) is 17.8 Å². The Balaban J connectivity index is 1.75. The van der Waals surface area contributed by atoms with Gasteiger partial charge in [-0.05, 0) is 0 Å². The zero-order valence-corrected chi connectivity index (χ0v) is 44.0. The number of allylic oxidation sites excluding steroid dienone is 2. The Hall–Kier alpha value is -1.72. The third kappa shape index (κ3) is 7.99. The second-order valence-electron chi connectivity index (χ2n) is 20.2. The summed E-state index contributed by atoms with van der Waals surface area (Å²) in [6.07, 6.45) is 7.24. The molecule has 2 aliphatic rings. The predicted octanol–water partition coefficient (Wildman–Crippen LogP) is 15.8. The van der Waals surface area contributed by atoms with Crippen LogP contribution in [0.1, 0.15) is 103 Å². The summed E-state index contributed by atoms with van der Waals surface area (Å²) in [6, 6.07) is 23.5. The minimum absolute atomic E-state index is 0.0175. The maximum atomic E-state index is 9.32. The Bertz CT molecular complexity index is 2140. The summed E-state index contributed by atoms with van der Waals surface area (Å²) in [7, 11) is 14.8. The third-order valence-electron chi connectivity index (χ3n) is 14.0.